The number of hydrogen-bond acceptors (Lipinski definition) is 4. The highest BCUT2D eigenvalue weighted by Gasteiger charge is 2.31. The van der Waals surface area contributed by atoms with Crippen molar-refractivity contribution >= 4 is 28.6 Å². The molecule has 164 valence electrons. The van der Waals surface area contributed by atoms with Crippen LogP contribution in [0, 0.1) is 5.92 Å². The third kappa shape index (κ3) is 4.08. The third-order valence-corrected chi connectivity index (χ3v) is 5.95. The lowest BCUT2D eigenvalue weighted by Crippen LogP contribution is -2.33. The van der Waals surface area contributed by atoms with E-state index in [0.717, 1.165) is 21.9 Å². The molecule has 1 unspecified atom stereocenters. The van der Waals surface area contributed by atoms with Crippen LogP contribution < -0.4 is 5.32 Å². The number of nitrogens with zero attached hydrogens (tertiary/aromatic N) is 1. The van der Waals surface area contributed by atoms with Gasteiger partial charge < -0.3 is 15.0 Å². The second-order valence-corrected chi connectivity index (χ2v) is 7.86. The van der Waals surface area contributed by atoms with E-state index in [2.05, 4.69) is 5.32 Å². The van der Waals surface area contributed by atoms with E-state index in [0.29, 0.717) is 37.2 Å². The number of benzene rings is 3. The monoisotopic (exact) mass is 430 g/mol. The molecule has 4 rings (SSSR count). The van der Waals surface area contributed by atoms with Crippen molar-refractivity contribution in [3.8, 4) is 11.1 Å². The quantitative estimate of drug-likeness (QED) is 0.623. The largest absolute Gasteiger partial charge is 0.462 e. The number of carbonyl (C=O) groups excluding carboxylic acids is 3. The first-order valence-corrected chi connectivity index (χ1v) is 10.8. The maximum absolute atomic E-state index is 13.3. The first-order valence-electron chi connectivity index (χ1n) is 10.8. The number of carbonyl (C=O) groups is 3. The zero-order valence-corrected chi connectivity index (χ0v) is 18.3. The van der Waals surface area contributed by atoms with Crippen molar-refractivity contribution in [2.45, 2.75) is 13.3 Å². The number of ether oxygens (including phenoxy) is 1. The molecule has 32 heavy (non-hydrogen) atoms. The van der Waals surface area contributed by atoms with E-state index in [9.17, 15) is 14.4 Å². The van der Waals surface area contributed by atoms with Gasteiger partial charge in [-0.1, -0.05) is 42.5 Å². The van der Waals surface area contributed by atoms with Crippen LogP contribution in [0.2, 0.25) is 0 Å². The summed E-state index contributed by atoms with van der Waals surface area (Å²) in [6.07, 6.45) is 0.675. The molecule has 0 spiro atoms. The molecule has 3 aromatic carbocycles. The molecule has 3 aromatic rings. The summed E-state index contributed by atoms with van der Waals surface area (Å²) in [6.45, 7) is 3.12. The molecular formula is C26H26N2O4. The smallest absolute Gasteiger partial charge is 0.338 e. The van der Waals surface area contributed by atoms with Gasteiger partial charge in [0, 0.05) is 25.7 Å². The zero-order chi connectivity index (χ0) is 22.7. The Morgan fingerprint density at radius 2 is 1.72 bits per heavy atom. The molecule has 6 heteroatoms. The highest BCUT2D eigenvalue weighted by molar-refractivity contribution is 6.10. The highest BCUT2D eigenvalue weighted by atomic mass is 16.5. The first-order chi connectivity index (χ1) is 15.5. The summed E-state index contributed by atoms with van der Waals surface area (Å²) in [5, 5.41) is 4.50. The Labute approximate surface area is 187 Å². The van der Waals surface area contributed by atoms with E-state index in [1.54, 1.807) is 31.0 Å². The molecule has 1 heterocycles. The molecule has 1 aliphatic heterocycles. The van der Waals surface area contributed by atoms with Gasteiger partial charge in [0.05, 0.1) is 18.1 Å². The van der Waals surface area contributed by atoms with Crippen molar-refractivity contribution in [2.24, 2.45) is 5.92 Å². The molecule has 1 saturated heterocycles. The van der Waals surface area contributed by atoms with Crippen LogP contribution in [0.15, 0.2) is 60.7 Å². The van der Waals surface area contributed by atoms with E-state index >= 15 is 0 Å². The summed E-state index contributed by atoms with van der Waals surface area (Å²) < 4.78 is 5.06. The predicted octanol–water partition coefficient (Wildman–Crippen LogP) is 3.89. The summed E-state index contributed by atoms with van der Waals surface area (Å²) in [5.41, 5.74) is 3.07. The summed E-state index contributed by atoms with van der Waals surface area (Å²) in [5.74, 6) is -0.582. The maximum atomic E-state index is 13.3. The molecule has 0 bridgehead atoms. The van der Waals surface area contributed by atoms with Gasteiger partial charge in [-0.3, -0.25) is 9.59 Å². The number of likely N-dealkylation sites (tertiary alicyclic amines) is 1. The van der Waals surface area contributed by atoms with Crippen LogP contribution in [0.4, 0.5) is 0 Å². The van der Waals surface area contributed by atoms with Crippen molar-refractivity contribution in [1.82, 2.24) is 10.2 Å². The van der Waals surface area contributed by atoms with Crippen LogP contribution in [0.5, 0.6) is 0 Å². The minimum Gasteiger partial charge on any atom is -0.462 e. The van der Waals surface area contributed by atoms with Gasteiger partial charge in [0.2, 0.25) is 5.91 Å². The molecule has 0 saturated carbocycles. The van der Waals surface area contributed by atoms with Gasteiger partial charge >= 0.3 is 5.97 Å². The second-order valence-electron chi connectivity index (χ2n) is 7.86. The number of fused-ring (bicyclic) bond motifs is 1. The molecule has 0 aliphatic carbocycles. The average Bonchev–Trinajstić information content (AvgIpc) is 3.33. The van der Waals surface area contributed by atoms with Gasteiger partial charge in [0.1, 0.15) is 0 Å². The lowest BCUT2D eigenvalue weighted by Gasteiger charge is -2.18. The van der Waals surface area contributed by atoms with Crippen molar-refractivity contribution in [2.75, 3.05) is 26.7 Å². The molecule has 1 N–H and O–H groups in total. The van der Waals surface area contributed by atoms with Gasteiger partial charge in [0.25, 0.3) is 5.91 Å². The lowest BCUT2D eigenvalue weighted by atomic mass is 9.94. The number of rotatable bonds is 5. The Kier molecular flexibility index (Phi) is 6.21. The number of amides is 2. The normalized spacial score (nSPS) is 15.6. The molecule has 0 radical (unpaired) electrons. The van der Waals surface area contributed by atoms with Crippen LogP contribution >= 0.6 is 0 Å². The SMILES string of the molecule is CCOC(=O)c1ccc(-c2cccc3c(C(=O)N4CCC(C(=O)NC)C4)cccc23)cc1. The van der Waals surface area contributed by atoms with Crippen LogP contribution in [-0.2, 0) is 9.53 Å². The van der Waals surface area contributed by atoms with Crippen LogP contribution in [-0.4, -0.2) is 49.4 Å². The van der Waals surface area contributed by atoms with Gasteiger partial charge in [-0.15, -0.1) is 0 Å². The standard InChI is InChI=1S/C26H26N2O4/c1-3-32-26(31)18-12-10-17(11-13-18)20-6-4-8-22-21(20)7-5-9-23(22)25(30)28-15-14-19(16-28)24(29)27-2/h4-13,19H,3,14-16H2,1-2H3,(H,27,29). The van der Waals surface area contributed by atoms with Gasteiger partial charge in [-0.05, 0) is 53.4 Å². The minimum absolute atomic E-state index is 0.0215. The molecule has 6 nitrogen and oxygen atoms in total. The van der Waals surface area contributed by atoms with Crippen LogP contribution in [0.3, 0.4) is 0 Å². The Hall–Kier alpha value is -3.67. The van der Waals surface area contributed by atoms with Crippen molar-refractivity contribution in [1.29, 1.82) is 0 Å². The van der Waals surface area contributed by atoms with E-state index in [4.69, 9.17) is 4.74 Å². The fourth-order valence-electron chi connectivity index (χ4n) is 4.28. The van der Waals surface area contributed by atoms with E-state index in [-0.39, 0.29) is 23.7 Å². The van der Waals surface area contributed by atoms with E-state index in [1.807, 2.05) is 48.5 Å². The summed E-state index contributed by atoms with van der Waals surface area (Å²) >= 11 is 0. The first kappa shape index (κ1) is 21.6. The van der Waals surface area contributed by atoms with Crippen molar-refractivity contribution in [3.63, 3.8) is 0 Å². The number of nitrogens with one attached hydrogen (secondary N) is 1. The molecular weight excluding hydrogens is 404 g/mol. The molecule has 2 amide bonds. The Morgan fingerprint density at radius 1 is 1.00 bits per heavy atom. The zero-order valence-electron chi connectivity index (χ0n) is 18.3. The topological polar surface area (TPSA) is 75.7 Å². The predicted molar refractivity (Wildman–Crippen MR) is 123 cm³/mol. The molecule has 1 fully saturated rings. The maximum Gasteiger partial charge on any atom is 0.338 e. The molecule has 0 aromatic heterocycles. The van der Waals surface area contributed by atoms with Crippen LogP contribution in [0.25, 0.3) is 21.9 Å². The van der Waals surface area contributed by atoms with E-state index in [1.165, 1.54) is 0 Å². The number of esters is 1. The minimum atomic E-state index is -0.342. The summed E-state index contributed by atoms with van der Waals surface area (Å²) in [7, 11) is 1.62. The van der Waals surface area contributed by atoms with Gasteiger partial charge in [-0.2, -0.15) is 0 Å². The summed E-state index contributed by atoms with van der Waals surface area (Å²) in [4.78, 5) is 39.0. The van der Waals surface area contributed by atoms with E-state index < -0.39 is 0 Å². The van der Waals surface area contributed by atoms with Gasteiger partial charge in [0.15, 0.2) is 0 Å². The fraction of sp³-hybridized carbons (Fsp3) is 0.269. The summed E-state index contributed by atoms with van der Waals surface area (Å²) in [6, 6.07) is 18.9. The van der Waals surface area contributed by atoms with Gasteiger partial charge in [-0.25, -0.2) is 4.79 Å². The van der Waals surface area contributed by atoms with Crippen LogP contribution in [0.1, 0.15) is 34.1 Å². The Balaban J connectivity index is 1.66. The highest BCUT2D eigenvalue weighted by Crippen LogP contribution is 2.32. The molecule has 1 atom stereocenters. The Morgan fingerprint density at radius 3 is 2.44 bits per heavy atom. The third-order valence-electron chi connectivity index (χ3n) is 5.95. The second kappa shape index (κ2) is 9.22. The average molecular weight is 431 g/mol. The number of hydrogen-bond donors (Lipinski definition) is 1. The molecule has 1 aliphatic rings. The van der Waals surface area contributed by atoms with Crippen molar-refractivity contribution in [3.05, 3.63) is 71.8 Å². The fourth-order valence-corrected chi connectivity index (χ4v) is 4.28. The Bertz CT molecular complexity index is 1170. The van der Waals surface area contributed by atoms with Crippen molar-refractivity contribution < 1.29 is 19.1 Å². The lowest BCUT2D eigenvalue weighted by molar-refractivity contribution is -0.124.